The second-order valence-electron chi connectivity index (χ2n) is 5.42. The molecule has 0 bridgehead atoms. The lowest BCUT2D eigenvalue weighted by atomic mass is 9.74. The van der Waals surface area contributed by atoms with Crippen molar-refractivity contribution in [1.29, 1.82) is 0 Å². The van der Waals surface area contributed by atoms with Gasteiger partial charge in [-0.3, -0.25) is 0 Å². The van der Waals surface area contributed by atoms with Gasteiger partial charge in [-0.15, -0.1) is 0 Å². The SMILES string of the molecule is CC(C)(C)[C@](N)(C(=O)O)C(=O)OCc1ccccc1. The number of hydrogen-bond acceptors (Lipinski definition) is 4. The molecule has 0 radical (unpaired) electrons. The quantitative estimate of drug-likeness (QED) is 0.637. The maximum atomic E-state index is 12.0. The fourth-order valence-electron chi connectivity index (χ4n) is 1.55. The minimum Gasteiger partial charge on any atom is -0.479 e. The van der Waals surface area contributed by atoms with Crippen molar-refractivity contribution in [2.75, 3.05) is 0 Å². The molecule has 1 aromatic carbocycles. The number of nitrogens with two attached hydrogens (primary N) is 1. The normalized spacial score (nSPS) is 14.5. The summed E-state index contributed by atoms with van der Waals surface area (Å²) < 4.78 is 5.04. The summed E-state index contributed by atoms with van der Waals surface area (Å²) in [6, 6.07) is 9.01. The molecule has 104 valence electrons. The summed E-state index contributed by atoms with van der Waals surface area (Å²) in [7, 11) is 0. The number of rotatable bonds is 4. The Hall–Kier alpha value is -1.88. The molecule has 1 rings (SSSR count). The van der Waals surface area contributed by atoms with E-state index in [-0.39, 0.29) is 6.61 Å². The highest BCUT2D eigenvalue weighted by atomic mass is 16.5. The van der Waals surface area contributed by atoms with Crippen molar-refractivity contribution >= 4 is 11.9 Å². The van der Waals surface area contributed by atoms with E-state index < -0.39 is 22.9 Å². The molecule has 0 aliphatic heterocycles. The zero-order valence-corrected chi connectivity index (χ0v) is 11.3. The van der Waals surface area contributed by atoms with Crippen LogP contribution < -0.4 is 5.73 Å². The molecular weight excluding hydrogens is 246 g/mol. The topological polar surface area (TPSA) is 89.6 Å². The summed E-state index contributed by atoms with van der Waals surface area (Å²) in [4.78, 5) is 23.3. The molecule has 1 aromatic rings. The number of esters is 1. The second kappa shape index (κ2) is 5.40. The summed E-state index contributed by atoms with van der Waals surface area (Å²) in [5.74, 6) is -2.32. The monoisotopic (exact) mass is 265 g/mol. The molecule has 0 fully saturated rings. The number of ether oxygens (including phenoxy) is 1. The van der Waals surface area contributed by atoms with Crippen LogP contribution in [-0.4, -0.2) is 22.6 Å². The lowest BCUT2D eigenvalue weighted by Crippen LogP contribution is -2.64. The Bertz CT molecular complexity index is 464. The number of benzene rings is 1. The molecule has 0 aromatic heterocycles. The van der Waals surface area contributed by atoms with Gasteiger partial charge in [-0.1, -0.05) is 51.1 Å². The van der Waals surface area contributed by atoms with Crippen molar-refractivity contribution in [3.05, 3.63) is 35.9 Å². The summed E-state index contributed by atoms with van der Waals surface area (Å²) in [5.41, 5.74) is 3.51. The highest BCUT2D eigenvalue weighted by Gasteiger charge is 2.53. The summed E-state index contributed by atoms with van der Waals surface area (Å²) in [6.45, 7) is 4.77. The first kappa shape index (κ1) is 15.2. The van der Waals surface area contributed by atoms with Crippen LogP contribution in [0.4, 0.5) is 0 Å². The molecule has 0 unspecified atom stereocenters. The number of hydrogen-bond donors (Lipinski definition) is 2. The van der Waals surface area contributed by atoms with Crippen LogP contribution in [0.2, 0.25) is 0 Å². The van der Waals surface area contributed by atoms with Crippen LogP contribution in [0.15, 0.2) is 30.3 Å². The number of carboxylic acid groups (broad SMARTS) is 1. The molecule has 0 aliphatic carbocycles. The fraction of sp³-hybridized carbons (Fsp3) is 0.429. The van der Waals surface area contributed by atoms with Gasteiger partial charge in [0.15, 0.2) is 0 Å². The Morgan fingerprint density at radius 1 is 1.21 bits per heavy atom. The second-order valence-corrected chi connectivity index (χ2v) is 5.42. The maximum Gasteiger partial charge on any atom is 0.338 e. The van der Waals surface area contributed by atoms with Crippen molar-refractivity contribution in [2.45, 2.75) is 32.9 Å². The summed E-state index contributed by atoms with van der Waals surface area (Å²) >= 11 is 0. The zero-order valence-electron chi connectivity index (χ0n) is 11.3. The van der Waals surface area contributed by atoms with Gasteiger partial charge >= 0.3 is 11.9 Å². The fourth-order valence-corrected chi connectivity index (χ4v) is 1.55. The Balaban J connectivity index is 2.83. The predicted octanol–water partition coefficient (Wildman–Crippen LogP) is 1.56. The van der Waals surface area contributed by atoms with E-state index in [1.807, 2.05) is 6.07 Å². The molecule has 5 heteroatoms. The van der Waals surface area contributed by atoms with Gasteiger partial charge in [-0.2, -0.15) is 0 Å². The molecule has 5 nitrogen and oxygen atoms in total. The van der Waals surface area contributed by atoms with E-state index in [4.69, 9.17) is 10.5 Å². The van der Waals surface area contributed by atoms with Crippen LogP contribution >= 0.6 is 0 Å². The first-order valence-corrected chi connectivity index (χ1v) is 5.93. The number of aliphatic carboxylic acids is 1. The Labute approximate surface area is 112 Å². The standard InChI is InChI=1S/C14H19NO4/c1-13(2,3)14(15,11(16)17)12(18)19-9-10-7-5-4-6-8-10/h4-8H,9,15H2,1-3H3,(H,16,17)/t14-/m0/s1. The largest absolute Gasteiger partial charge is 0.479 e. The van der Waals surface area contributed by atoms with Crippen LogP contribution in [0.25, 0.3) is 0 Å². The van der Waals surface area contributed by atoms with Crippen molar-refractivity contribution in [1.82, 2.24) is 0 Å². The number of carboxylic acids is 1. The molecule has 0 saturated heterocycles. The number of carbonyl (C=O) groups is 2. The summed E-state index contributed by atoms with van der Waals surface area (Å²) in [5, 5.41) is 9.21. The molecule has 19 heavy (non-hydrogen) atoms. The third-order valence-electron chi connectivity index (χ3n) is 3.06. The minimum atomic E-state index is -2.07. The van der Waals surface area contributed by atoms with Gasteiger partial charge in [0.2, 0.25) is 5.54 Å². The van der Waals surface area contributed by atoms with E-state index in [9.17, 15) is 14.7 Å². The van der Waals surface area contributed by atoms with Gasteiger partial charge in [0.1, 0.15) is 6.61 Å². The van der Waals surface area contributed by atoms with E-state index in [2.05, 4.69) is 0 Å². The molecule has 0 aliphatic rings. The van der Waals surface area contributed by atoms with E-state index >= 15 is 0 Å². The van der Waals surface area contributed by atoms with Crippen molar-refractivity contribution < 1.29 is 19.4 Å². The third kappa shape index (κ3) is 3.12. The van der Waals surface area contributed by atoms with Gasteiger partial charge in [0.25, 0.3) is 0 Å². The average Bonchev–Trinajstić information content (AvgIpc) is 2.34. The van der Waals surface area contributed by atoms with Gasteiger partial charge in [0.05, 0.1) is 0 Å². The van der Waals surface area contributed by atoms with Crippen LogP contribution in [0.3, 0.4) is 0 Å². The van der Waals surface area contributed by atoms with Crippen LogP contribution in [0, 0.1) is 5.41 Å². The van der Waals surface area contributed by atoms with Crippen molar-refractivity contribution in [2.24, 2.45) is 11.1 Å². The summed E-state index contributed by atoms with van der Waals surface area (Å²) in [6.07, 6.45) is 0. The van der Waals surface area contributed by atoms with E-state index in [1.54, 1.807) is 45.0 Å². The van der Waals surface area contributed by atoms with Crippen LogP contribution in [-0.2, 0) is 20.9 Å². The highest BCUT2D eigenvalue weighted by Crippen LogP contribution is 2.30. The Kier molecular flexibility index (Phi) is 4.32. The van der Waals surface area contributed by atoms with Gasteiger partial charge in [-0.25, -0.2) is 9.59 Å². The molecular formula is C14H19NO4. The number of carbonyl (C=O) groups excluding carboxylic acids is 1. The molecule has 3 N–H and O–H groups in total. The first-order chi connectivity index (χ1) is 8.69. The Morgan fingerprint density at radius 2 is 1.74 bits per heavy atom. The van der Waals surface area contributed by atoms with E-state index in [1.165, 1.54) is 0 Å². The van der Waals surface area contributed by atoms with Crippen LogP contribution in [0.5, 0.6) is 0 Å². The highest BCUT2D eigenvalue weighted by molar-refractivity contribution is 6.04. The minimum absolute atomic E-state index is 0.00197. The Morgan fingerprint density at radius 3 is 2.16 bits per heavy atom. The van der Waals surface area contributed by atoms with Gasteiger partial charge < -0.3 is 15.6 Å². The molecule has 0 saturated carbocycles. The zero-order chi connectivity index (χ0) is 14.7. The predicted molar refractivity (Wildman–Crippen MR) is 70.2 cm³/mol. The first-order valence-electron chi connectivity index (χ1n) is 5.93. The van der Waals surface area contributed by atoms with Crippen LogP contribution in [0.1, 0.15) is 26.3 Å². The molecule has 0 heterocycles. The molecule has 1 atom stereocenters. The average molecular weight is 265 g/mol. The third-order valence-corrected chi connectivity index (χ3v) is 3.06. The van der Waals surface area contributed by atoms with E-state index in [0.29, 0.717) is 0 Å². The van der Waals surface area contributed by atoms with Crippen molar-refractivity contribution in [3.63, 3.8) is 0 Å². The van der Waals surface area contributed by atoms with Gasteiger partial charge in [-0.05, 0) is 5.56 Å². The van der Waals surface area contributed by atoms with Gasteiger partial charge in [0, 0.05) is 5.41 Å². The molecule has 0 spiro atoms. The van der Waals surface area contributed by atoms with E-state index in [0.717, 1.165) is 5.56 Å². The lowest BCUT2D eigenvalue weighted by molar-refractivity contribution is -0.167. The maximum absolute atomic E-state index is 12.0. The lowest BCUT2D eigenvalue weighted by Gasteiger charge is -2.35. The van der Waals surface area contributed by atoms with Crippen molar-refractivity contribution in [3.8, 4) is 0 Å². The smallest absolute Gasteiger partial charge is 0.338 e. The molecule has 0 amide bonds.